The summed E-state index contributed by atoms with van der Waals surface area (Å²) < 4.78 is 11.2. The second kappa shape index (κ2) is 7.88. The number of H-pyrrole nitrogens is 1. The highest BCUT2D eigenvalue weighted by Crippen LogP contribution is 2.22. The van der Waals surface area contributed by atoms with E-state index < -0.39 is 0 Å². The molecule has 2 aromatic heterocycles. The number of rotatable bonds is 6. The van der Waals surface area contributed by atoms with Gasteiger partial charge in [-0.25, -0.2) is 0 Å². The maximum absolute atomic E-state index is 12.1. The van der Waals surface area contributed by atoms with E-state index in [2.05, 4.69) is 15.3 Å². The highest BCUT2D eigenvalue weighted by atomic mass is 35.5. The highest BCUT2D eigenvalue weighted by molar-refractivity contribution is 6.41. The highest BCUT2D eigenvalue weighted by Gasteiger charge is 2.17. The van der Waals surface area contributed by atoms with Gasteiger partial charge in [-0.05, 0) is 18.6 Å². The van der Waals surface area contributed by atoms with Crippen molar-refractivity contribution in [2.75, 3.05) is 19.8 Å². The molecule has 8 heteroatoms. The van der Waals surface area contributed by atoms with E-state index in [1.165, 1.54) is 6.07 Å². The molecule has 0 spiro atoms. The van der Waals surface area contributed by atoms with Crippen molar-refractivity contribution >= 4 is 29.1 Å². The average molecular weight is 370 g/mol. The van der Waals surface area contributed by atoms with E-state index in [1.807, 2.05) is 6.07 Å². The fourth-order valence-electron chi connectivity index (χ4n) is 2.40. The van der Waals surface area contributed by atoms with Crippen LogP contribution in [0.3, 0.4) is 0 Å². The molecule has 0 bridgehead atoms. The second-order valence-corrected chi connectivity index (χ2v) is 6.34. The van der Waals surface area contributed by atoms with Crippen LogP contribution in [0.1, 0.15) is 22.5 Å². The number of hydrogen-bond donors (Lipinski definition) is 2. The Morgan fingerprint density at radius 3 is 3.08 bits per heavy atom. The summed E-state index contributed by atoms with van der Waals surface area (Å²) in [5.41, 5.74) is 1.16. The van der Waals surface area contributed by atoms with E-state index in [0.29, 0.717) is 35.5 Å². The Labute approximate surface area is 149 Å². The molecule has 1 atom stereocenters. The van der Waals surface area contributed by atoms with Gasteiger partial charge in [0, 0.05) is 30.8 Å². The van der Waals surface area contributed by atoms with Gasteiger partial charge in [0.1, 0.15) is 16.6 Å². The molecule has 1 aliphatic heterocycles. The van der Waals surface area contributed by atoms with Crippen molar-refractivity contribution in [1.29, 1.82) is 0 Å². The number of nitrogens with one attached hydrogen (secondary N) is 2. The molecular weight excluding hydrogens is 353 g/mol. The van der Waals surface area contributed by atoms with Crippen LogP contribution in [0.15, 0.2) is 24.5 Å². The minimum Gasteiger partial charge on any atom is -0.491 e. The Kier molecular flexibility index (Phi) is 5.60. The molecule has 0 aromatic carbocycles. The summed E-state index contributed by atoms with van der Waals surface area (Å²) in [5.74, 6) is 0.763. The molecule has 1 aliphatic rings. The molecule has 1 saturated heterocycles. The van der Waals surface area contributed by atoms with Gasteiger partial charge in [-0.2, -0.15) is 0 Å². The number of ether oxygens (including phenoxy) is 2. The van der Waals surface area contributed by atoms with Crippen LogP contribution in [0.2, 0.25) is 10.2 Å². The predicted molar refractivity (Wildman–Crippen MR) is 90.6 cm³/mol. The lowest BCUT2D eigenvalue weighted by atomic mass is 10.1. The molecular formula is C16H17Cl2N3O3. The summed E-state index contributed by atoms with van der Waals surface area (Å²) in [4.78, 5) is 18.9. The third-order valence-corrected chi connectivity index (χ3v) is 4.47. The van der Waals surface area contributed by atoms with E-state index in [0.717, 1.165) is 25.2 Å². The SMILES string of the molecule is O=C(NCc1ccncc1OCC1CCOC1)c1cc(Cl)c(Cl)[nH]1. The number of nitrogens with zero attached hydrogens (tertiary/aromatic N) is 1. The average Bonchev–Trinajstić information content (AvgIpc) is 3.22. The number of pyridine rings is 1. The Morgan fingerprint density at radius 1 is 1.50 bits per heavy atom. The van der Waals surface area contributed by atoms with Gasteiger partial charge in [0.15, 0.2) is 0 Å². The molecule has 1 fully saturated rings. The van der Waals surface area contributed by atoms with Gasteiger partial charge >= 0.3 is 0 Å². The zero-order valence-corrected chi connectivity index (χ0v) is 14.4. The first-order chi connectivity index (χ1) is 11.6. The van der Waals surface area contributed by atoms with Crippen LogP contribution in [0.4, 0.5) is 0 Å². The Bertz CT molecular complexity index is 695. The largest absolute Gasteiger partial charge is 0.491 e. The summed E-state index contributed by atoms with van der Waals surface area (Å²) in [6.45, 7) is 2.40. The first-order valence-corrected chi connectivity index (χ1v) is 8.34. The smallest absolute Gasteiger partial charge is 0.268 e. The lowest BCUT2D eigenvalue weighted by Gasteiger charge is -2.14. The van der Waals surface area contributed by atoms with Crippen molar-refractivity contribution in [1.82, 2.24) is 15.3 Å². The van der Waals surface area contributed by atoms with Crippen LogP contribution in [-0.2, 0) is 11.3 Å². The minimum atomic E-state index is -0.296. The molecule has 0 radical (unpaired) electrons. The first-order valence-electron chi connectivity index (χ1n) is 7.59. The van der Waals surface area contributed by atoms with Crippen molar-refractivity contribution in [3.63, 3.8) is 0 Å². The van der Waals surface area contributed by atoms with Crippen molar-refractivity contribution < 1.29 is 14.3 Å². The maximum atomic E-state index is 12.1. The van der Waals surface area contributed by atoms with Crippen molar-refractivity contribution in [3.8, 4) is 5.75 Å². The maximum Gasteiger partial charge on any atom is 0.268 e. The van der Waals surface area contributed by atoms with Crippen LogP contribution in [0.25, 0.3) is 0 Å². The number of halogens is 2. The van der Waals surface area contributed by atoms with Gasteiger partial charge in [0.25, 0.3) is 5.91 Å². The van der Waals surface area contributed by atoms with Gasteiger partial charge in [-0.1, -0.05) is 23.2 Å². The Hall–Kier alpha value is -1.76. The molecule has 1 amide bonds. The normalized spacial score (nSPS) is 17.0. The third-order valence-electron chi connectivity index (χ3n) is 3.78. The molecule has 3 heterocycles. The van der Waals surface area contributed by atoms with Crippen LogP contribution in [-0.4, -0.2) is 35.7 Å². The Balaban J connectivity index is 1.59. The number of aromatic nitrogens is 2. The van der Waals surface area contributed by atoms with Crippen LogP contribution in [0, 0.1) is 5.92 Å². The number of amides is 1. The number of carbonyl (C=O) groups is 1. The van der Waals surface area contributed by atoms with Gasteiger partial charge in [0.05, 0.1) is 24.4 Å². The number of carbonyl (C=O) groups excluding carboxylic acids is 1. The van der Waals surface area contributed by atoms with Crippen LogP contribution < -0.4 is 10.1 Å². The van der Waals surface area contributed by atoms with Crippen LogP contribution >= 0.6 is 23.2 Å². The standard InChI is InChI=1S/C16H17Cl2N3O3/c17-12-5-13(21-15(12)18)16(22)20-6-11-1-3-19-7-14(11)24-9-10-2-4-23-8-10/h1,3,5,7,10,21H,2,4,6,8-9H2,(H,20,22). The van der Waals surface area contributed by atoms with E-state index in [-0.39, 0.29) is 11.1 Å². The second-order valence-electron chi connectivity index (χ2n) is 5.55. The van der Waals surface area contributed by atoms with Crippen molar-refractivity contribution in [3.05, 3.63) is 46.0 Å². The topological polar surface area (TPSA) is 76.2 Å². The van der Waals surface area contributed by atoms with Gasteiger partial charge in [-0.3, -0.25) is 9.78 Å². The van der Waals surface area contributed by atoms with E-state index in [1.54, 1.807) is 12.4 Å². The quantitative estimate of drug-likeness (QED) is 0.820. The molecule has 24 heavy (non-hydrogen) atoms. The lowest BCUT2D eigenvalue weighted by molar-refractivity contribution is 0.0946. The van der Waals surface area contributed by atoms with E-state index in [9.17, 15) is 4.79 Å². The Morgan fingerprint density at radius 2 is 2.38 bits per heavy atom. The summed E-state index contributed by atoms with van der Waals surface area (Å²) in [6.07, 6.45) is 4.32. The van der Waals surface area contributed by atoms with Crippen molar-refractivity contribution in [2.45, 2.75) is 13.0 Å². The molecule has 1 unspecified atom stereocenters. The zero-order chi connectivity index (χ0) is 16.9. The molecule has 2 N–H and O–H groups in total. The fourth-order valence-corrected chi connectivity index (χ4v) is 2.72. The van der Waals surface area contributed by atoms with Crippen LogP contribution in [0.5, 0.6) is 5.75 Å². The van der Waals surface area contributed by atoms with Gasteiger partial charge in [0.2, 0.25) is 0 Å². The molecule has 0 saturated carbocycles. The van der Waals surface area contributed by atoms with E-state index in [4.69, 9.17) is 32.7 Å². The molecule has 6 nitrogen and oxygen atoms in total. The lowest BCUT2D eigenvalue weighted by Crippen LogP contribution is -2.23. The minimum absolute atomic E-state index is 0.244. The molecule has 0 aliphatic carbocycles. The first kappa shape index (κ1) is 17.1. The number of hydrogen-bond acceptors (Lipinski definition) is 4. The predicted octanol–water partition coefficient (Wildman–Crippen LogP) is 3.06. The molecule has 3 rings (SSSR count). The summed E-state index contributed by atoms with van der Waals surface area (Å²) >= 11 is 11.7. The van der Waals surface area contributed by atoms with E-state index >= 15 is 0 Å². The molecule has 2 aromatic rings. The summed E-state index contributed by atoms with van der Waals surface area (Å²) in [5, 5.41) is 3.36. The number of aromatic amines is 1. The monoisotopic (exact) mass is 369 g/mol. The third kappa shape index (κ3) is 4.20. The summed E-state index contributed by atoms with van der Waals surface area (Å²) in [7, 11) is 0. The summed E-state index contributed by atoms with van der Waals surface area (Å²) in [6, 6.07) is 3.30. The zero-order valence-electron chi connectivity index (χ0n) is 12.9. The fraction of sp³-hybridized carbons (Fsp3) is 0.375. The van der Waals surface area contributed by atoms with Crippen molar-refractivity contribution in [2.24, 2.45) is 5.92 Å². The molecule has 128 valence electrons. The van der Waals surface area contributed by atoms with Gasteiger partial charge < -0.3 is 19.8 Å². The van der Waals surface area contributed by atoms with Gasteiger partial charge in [-0.15, -0.1) is 0 Å².